The van der Waals surface area contributed by atoms with Gasteiger partial charge in [0.15, 0.2) is 0 Å². The van der Waals surface area contributed by atoms with Crippen LogP contribution in [0.1, 0.15) is 117 Å². The number of H-pyrrole nitrogens is 2. The van der Waals surface area contributed by atoms with Crippen molar-refractivity contribution in [3.63, 3.8) is 0 Å². The fourth-order valence-corrected chi connectivity index (χ4v) is 12.1. The number of hydrogen-bond acceptors (Lipinski definition) is 11. The summed E-state index contributed by atoms with van der Waals surface area (Å²) >= 11 is 1.73. The third-order valence-electron chi connectivity index (χ3n) is 14.7. The number of rotatable bonds is 12. The summed E-state index contributed by atoms with van der Waals surface area (Å²) in [6.45, 7) is 5.31. The Morgan fingerprint density at radius 1 is 0.775 bits per heavy atom. The topological polar surface area (TPSA) is 198 Å². The number of hydrogen-bond donors (Lipinski definition) is 4. The molecule has 0 radical (unpaired) electrons. The number of thiophene rings is 1. The van der Waals surface area contributed by atoms with E-state index in [1.807, 2.05) is 38.1 Å². The second-order valence-electron chi connectivity index (χ2n) is 19.6. The highest BCUT2D eigenvalue weighted by Gasteiger charge is 2.42. The summed E-state index contributed by atoms with van der Waals surface area (Å²) in [5.41, 5.74) is 4.67. The maximum atomic E-state index is 17.0. The lowest BCUT2D eigenvalue weighted by atomic mass is 10.0. The minimum absolute atomic E-state index is 0.175. The number of aromatic amines is 2. The summed E-state index contributed by atoms with van der Waals surface area (Å²) in [6, 6.07) is 13.5. The molecule has 4 aliphatic heterocycles. The van der Waals surface area contributed by atoms with Crippen LogP contribution in [0, 0.1) is 11.7 Å². The number of imidazole rings is 2. The van der Waals surface area contributed by atoms with Crippen LogP contribution in [0.3, 0.4) is 0 Å². The summed E-state index contributed by atoms with van der Waals surface area (Å²) in [4.78, 5) is 74.9. The molecule has 3 saturated heterocycles. The monoisotopic (exact) mass is 987 g/mol. The first-order chi connectivity index (χ1) is 34.5. The Balaban J connectivity index is 0.896. The van der Waals surface area contributed by atoms with Crippen molar-refractivity contribution in [1.82, 2.24) is 44.9 Å². The molecule has 0 spiro atoms. The summed E-state index contributed by atoms with van der Waals surface area (Å²) in [7, 11) is 2.55. The molecule has 1 saturated carbocycles. The van der Waals surface area contributed by atoms with Gasteiger partial charge < -0.3 is 49.3 Å². The second kappa shape index (κ2) is 19.1. The predicted molar refractivity (Wildman–Crippen MR) is 262 cm³/mol. The third-order valence-corrected chi connectivity index (χ3v) is 16.0. The van der Waals surface area contributed by atoms with Crippen LogP contribution in [-0.2, 0) is 23.8 Å². The summed E-state index contributed by atoms with van der Waals surface area (Å²) < 4.78 is 41.6. The number of amides is 4. The van der Waals surface area contributed by atoms with Crippen LogP contribution in [0.2, 0.25) is 0 Å². The highest BCUT2D eigenvalue weighted by atomic mass is 32.1. The lowest BCUT2D eigenvalue weighted by Gasteiger charge is -2.34. The van der Waals surface area contributed by atoms with Crippen molar-refractivity contribution in [2.45, 2.75) is 114 Å². The fourth-order valence-electron chi connectivity index (χ4n) is 10.9. The first-order valence-electron chi connectivity index (χ1n) is 24.7. The molecule has 1 aliphatic carbocycles. The van der Waals surface area contributed by atoms with E-state index in [2.05, 4.69) is 43.4 Å². The molecular weight excluding hydrogens is 930 g/mol. The zero-order chi connectivity index (χ0) is 49.1. The van der Waals surface area contributed by atoms with Crippen molar-refractivity contribution in [3.05, 3.63) is 88.1 Å². The minimum Gasteiger partial charge on any atom is -0.464 e. The van der Waals surface area contributed by atoms with Gasteiger partial charge >= 0.3 is 12.2 Å². The molecule has 4 aromatic heterocycles. The zero-order valence-electron chi connectivity index (χ0n) is 40.2. The standard InChI is InChI=1S/C52H58FN9O8S/c1-27(2)44(58-51(65)67-3)48(63)60-18-7-9-36(60)47-55-26-34(57-47)30-22-32(53)43-38-23-31-21-29(14-15-35(31)62(38)50(70-40(43)24-30)42-17-16-41(71-42)28-12-13-28)33-25-54-46(56-33)37-10-8-19-61(37)49(64)45(59-52(66)68-4)39-11-5-6-20-69-39/h14-17,21-28,36-37,39,44-45,50H,5-13,18-20H2,1-4H3,(H,54,56)(H,55,57)(H,58,65)(H,59,66)/t36-,37-,39?,44-,45?,50?/m0/s1. The molecule has 6 atom stereocenters. The van der Waals surface area contributed by atoms with Crippen LogP contribution < -0.4 is 15.4 Å². The molecule has 2 aromatic carbocycles. The molecule has 4 amide bonds. The number of carbonyl (C=O) groups is 4. The van der Waals surface area contributed by atoms with E-state index in [4.69, 9.17) is 28.9 Å². The highest BCUT2D eigenvalue weighted by molar-refractivity contribution is 7.12. The maximum Gasteiger partial charge on any atom is 0.407 e. The molecule has 19 heteroatoms. The van der Waals surface area contributed by atoms with Gasteiger partial charge in [-0.1, -0.05) is 19.9 Å². The van der Waals surface area contributed by atoms with Crippen molar-refractivity contribution in [2.24, 2.45) is 5.92 Å². The Hall–Kier alpha value is -6.73. The van der Waals surface area contributed by atoms with E-state index in [1.165, 1.54) is 25.2 Å². The zero-order valence-corrected chi connectivity index (χ0v) is 41.0. The maximum absolute atomic E-state index is 17.0. The lowest BCUT2D eigenvalue weighted by molar-refractivity contribution is -0.140. The van der Waals surface area contributed by atoms with E-state index in [9.17, 15) is 19.2 Å². The molecule has 71 heavy (non-hydrogen) atoms. The molecule has 8 heterocycles. The van der Waals surface area contributed by atoms with Gasteiger partial charge in [0.2, 0.25) is 18.0 Å². The number of carbonyl (C=O) groups excluding carboxylic acids is 4. The van der Waals surface area contributed by atoms with Gasteiger partial charge in [-0.3, -0.25) is 14.2 Å². The molecule has 3 unspecified atom stereocenters. The van der Waals surface area contributed by atoms with Crippen LogP contribution in [-0.4, -0.2) is 110 Å². The number of alkyl carbamates (subject to hydrolysis) is 2. The molecule has 5 aliphatic rings. The van der Waals surface area contributed by atoms with Crippen LogP contribution in [0.4, 0.5) is 14.0 Å². The van der Waals surface area contributed by atoms with E-state index >= 15 is 4.39 Å². The largest absolute Gasteiger partial charge is 0.464 e. The number of aromatic nitrogens is 5. The first-order valence-corrected chi connectivity index (χ1v) is 25.6. The van der Waals surface area contributed by atoms with E-state index in [-0.39, 0.29) is 29.8 Å². The van der Waals surface area contributed by atoms with Gasteiger partial charge in [-0.15, -0.1) is 11.3 Å². The molecule has 6 aromatic rings. The lowest BCUT2D eigenvalue weighted by Crippen LogP contribution is -2.55. The minimum atomic E-state index is -0.877. The van der Waals surface area contributed by atoms with E-state index < -0.39 is 42.4 Å². The average Bonchev–Trinajstić information content (AvgIpc) is 4.11. The van der Waals surface area contributed by atoms with E-state index in [0.717, 1.165) is 65.6 Å². The van der Waals surface area contributed by atoms with Crippen molar-refractivity contribution < 1.29 is 42.5 Å². The van der Waals surface area contributed by atoms with E-state index in [1.54, 1.807) is 33.5 Å². The second-order valence-corrected chi connectivity index (χ2v) is 20.8. The Morgan fingerprint density at radius 2 is 1.45 bits per heavy atom. The van der Waals surface area contributed by atoms with Gasteiger partial charge in [0.05, 0.1) is 77.8 Å². The first kappa shape index (κ1) is 46.6. The van der Waals surface area contributed by atoms with Crippen molar-refractivity contribution in [1.29, 1.82) is 0 Å². The van der Waals surface area contributed by atoms with Gasteiger partial charge in [0.25, 0.3) is 0 Å². The molecule has 0 bridgehead atoms. The van der Waals surface area contributed by atoms with Crippen molar-refractivity contribution in [2.75, 3.05) is 33.9 Å². The van der Waals surface area contributed by atoms with Gasteiger partial charge in [0.1, 0.15) is 35.3 Å². The highest BCUT2D eigenvalue weighted by Crippen LogP contribution is 2.50. The van der Waals surface area contributed by atoms with Gasteiger partial charge in [0, 0.05) is 41.1 Å². The van der Waals surface area contributed by atoms with Gasteiger partial charge in [-0.2, -0.15) is 0 Å². The normalized spacial score (nSPS) is 21.7. The summed E-state index contributed by atoms with van der Waals surface area (Å²) in [5, 5.41) is 6.33. The van der Waals surface area contributed by atoms with Crippen molar-refractivity contribution in [3.8, 4) is 39.5 Å². The Labute approximate surface area is 413 Å². The Kier molecular flexibility index (Phi) is 12.6. The third kappa shape index (κ3) is 8.80. The fraction of sp³-hybridized carbons (Fsp3) is 0.462. The van der Waals surface area contributed by atoms with Crippen molar-refractivity contribution >= 4 is 46.2 Å². The summed E-state index contributed by atoms with van der Waals surface area (Å²) in [5.74, 6) is 1.12. The molecule has 4 N–H and O–H groups in total. The molecule has 11 rings (SSSR count). The smallest absolute Gasteiger partial charge is 0.407 e. The van der Waals surface area contributed by atoms with Crippen LogP contribution >= 0.6 is 11.3 Å². The number of halogens is 1. The van der Waals surface area contributed by atoms with Crippen LogP contribution in [0.25, 0.3) is 44.7 Å². The number of nitrogens with zero attached hydrogens (tertiary/aromatic N) is 5. The quantitative estimate of drug-likeness (QED) is 0.0918. The Bertz CT molecular complexity index is 3010. The number of benzene rings is 2. The van der Waals surface area contributed by atoms with Crippen LogP contribution in [0.15, 0.2) is 60.9 Å². The Morgan fingerprint density at radius 3 is 2.11 bits per heavy atom. The molecule has 372 valence electrons. The number of nitrogens with one attached hydrogen (secondary N) is 4. The van der Waals surface area contributed by atoms with Gasteiger partial charge in [-0.25, -0.2) is 23.9 Å². The number of ether oxygens (including phenoxy) is 4. The molecule has 17 nitrogen and oxygen atoms in total. The predicted octanol–water partition coefficient (Wildman–Crippen LogP) is 9.11. The molecule has 4 fully saturated rings. The average molecular weight is 988 g/mol. The number of fused-ring (bicyclic) bond motifs is 5. The molecular formula is C52H58FN9O8S. The van der Waals surface area contributed by atoms with Gasteiger partial charge in [-0.05, 0) is 112 Å². The van der Waals surface area contributed by atoms with Crippen LogP contribution in [0.5, 0.6) is 5.75 Å². The number of methoxy groups -OCH3 is 2. The SMILES string of the molecule is COC(=O)NC(C(=O)N1CCC[C@H]1c1ncc(-c2ccc3c(c2)cc2n3C(c3ccc(C4CC4)s3)Oc3cc(-c4cnc([C@@H]5CCCN5C(=O)[C@@H](NC(=O)OC)C(C)C)[nH]4)cc(F)c3-2)[nH]1)C1CCCCO1. The summed E-state index contributed by atoms with van der Waals surface area (Å²) in [6.07, 6.45) is 8.81. The number of likely N-dealkylation sites (tertiary alicyclic amines) is 2. The van der Waals surface area contributed by atoms with E-state index in [0.29, 0.717) is 84.8 Å².